The van der Waals surface area contributed by atoms with Gasteiger partial charge in [-0.05, 0) is 36.8 Å². The van der Waals surface area contributed by atoms with Gasteiger partial charge in [0.2, 0.25) is 0 Å². The van der Waals surface area contributed by atoms with Gasteiger partial charge in [0, 0.05) is 32.7 Å². The second-order valence-electron chi connectivity index (χ2n) is 6.72. The Labute approximate surface area is 168 Å². The van der Waals surface area contributed by atoms with Crippen LogP contribution in [0.4, 0.5) is 0 Å². The summed E-state index contributed by atoms with van der Waals surface area (Å²) in [5.41, 5.74) is 2.62. The Morgan fingerprint density at radius 3 is 2.44 bits per heavy atom. The molecule has 0 radical (unpaired) electrons. The molecule has 0 unspecified atom stereocenters. The molecule has 2 N–H and O–H groups in total. The van der Waals surface area contributed by atoms with Crippen LogP contribution in [0.15, 0.2) is 29.3 Å². The van der Waals surface area contributed by atoms with Crippen LogP contribution in [0.25, 0.3) is 0 Å². The lowest BCUT2D eigenvalue weighted by Crippen LogP contribution is -2.38. The summed E-state index contributed by atoms with van der Waals surface area (Å²) in [6, 6.07) is 8.85. The lowest BCUT2D eigenvalue weighted by atomic mass is 10.1. The molecule has 6 heteroatoms. The second kappa shape index (κ2) is 11.0. The Morgan fingerprint density at radius 1 is 1.12 bits per heavy atom. The monoisotopic (exact) mass is 458 g/mol. The molecular formula is C19H31IN4O. The van der Waals surface area contributed by atoms with Crippen LogP contribution in [0.3, 0.4) is 0 Å². The molecule has 140 valence electrons. The fraction of sp³-hybridized carbons (Fsp3) is 0.632. The van der Waals surface area contributed by atoms with Crippen molar-refractivity contribution in [1.82, 2.24) is 15.5 Å². The topological polar surface area (TPSA) is 48.9 Å². The fourth-order valence-electron chi connectivity index (χ4n) is 2.84. The quantitative estimate of drug-likeness (QED) is 0.375. The van der Waals surface area contributed by atoms with Gasteiger partial charge in [0.25, 0.3) is 0 Å². The minimum atomic E-state index is 0. The zero-order valence-electron chi connectivity index (χ0n) is 15.2. The lowest BCUT2D eigenvalue weighted by Gasteiger charge is -2.26. The van der Waals surface area contributed by atoms with Gasteiger partial charge >= 0.3 is 0 Å². The van der Waals surface area contributed by atoms with E-state index in [0.717, 1.165) is 64.4 Å². The van der Waals surface area contributed by atoms with Crippen molar-refractivity contribution >= 4 is 29.9 Å². The van der Waals surface area contributed by atoms with Crippen molar-refractivity contribution in [1.29, 1.82) is 0 Å². The number of hydrogen-bond acceptors (Lipinski definition) is 3. The minimum Gasteiger partial charge on any atom is -0.379 e. The molecule has 1 saturated heterocycles. The number of nitrogens with one attached hydrogen (secondary N) is 2. The normalized spacial score (nSPS) is 18.5. The van der Waals surface area contributed by atoms with Gasteiger partial charge in [0.1, 0.15) is 0 Å². The van der Waals surface area contributed by atoms with Gasteiger partial charge < -0.3 is 15.4 Å². The summed E-state index contributed by atoms with van der Waals surface area (Å²) in [6.45, 7) is 9.56. The number of aliphatic imine (C=N–C) groups is 1. The van der Waals surface area contributed by atoms with Crippen molar-refractivity contribution in [3.05, 3.63) is 35.4 Å². The maximum atomic E-state index is 5.40. The smallest absolute Gasteiger partial charge is 0.191 e. The Bertz CT molecular complexity index is 525. The van der Waals surface area contributed by atoms with E-state index in [1.165, 1.54) is 24.0 Å². The van der Waals surface area contributed by atoms with Crippen molar-refractivity contribution in [2.45, 2.75) is 32.9 Å². The third-order valence-corrected chi connectivity index (χ3v) is 4.55. The molecule has 1 aromatic rings. The minimum absolute atomic E-state index is 0. The van der Waals surface area contributed by atoms with Crippen LogP contribution in [0.2, 0.25) is 0 Å². The summed E-state index contributed by atoms with van der Waals surface area (Å²) in [4.78, 5) is 7.14. The number of ether oxygens (including phenoxy) is 1. The van der Waals surface area contributed by atoms with E-state index in [4.69, 9.17) is 9.73 Å². The number of hydrogen-bond donors (Lipinski definition) is 2. The summed E-state index contributed by atoms with van der Waals surface area (Å²) in [5.74, 6) is 1.79. The molecule has 5 nitrogen and oxygen atoms in total. The number of halogens is 1. The first-order chi connectivity index (χ1) is 11.8. The van der Waals surface area contributed by atoms with Crippen LogP contribution in [0.5, 0.6) is 0 Å². The third kappa shape index (κ3) is 7.50. The SMILES string of the molecule is CCNC(=NCc1ccc(CN2CCOCC2)cc1)NCC1CC1.I. The molecule has 0 atom stereocenters. The standard InChI is InChI=1S/C19H30N4O.HI/c1-2-20-19(21-13-16-3-4-16)22-14-17-5-7-18(8-6-17)15-23-9-11-24-12-10-23;/h5-8,16H,2-4,9-15H2,1H3,(H2,20,21,22);1H. The highest BCUT2D eigenvalue weighted by Crippen LogP contribution is 2.27. The third-order valence-electron chi connectivity index (χ3n) is 4.55. The first-order valence-corrected chi connectivity index (χ1v) is 9.23. The highest BCUT2D eigenvalue weighted by atomic mass is 127. The largest absolute Gasteiger partial charge is 0.379 e. The van der Waals surface area contributed by atoms with Crippen LogP contribution >= 0.6 is 24.0 Å². The van der Waals surface area contributed by atoms with Gasteiger partial charge in [0.05, 0.1) is 19.8 Å². The lowest BCUT2D eigenvalue weighted by molar-refractivity contribution is 0.0342. The van der Waals surface area contributed by atoms with Gasteiger partial charge in [-0.2, -0.15) is 0 Å². The zero-order valence-corrected chi connectivity index (χ0v) is 17.5. The van der Waals surface area contributed by atoms with Crippen molar-refractivity contribution in [2.24, 2.45) is 10.9 Å². The molecule has 3 rings (SSSR count). The molecule has 0 aromatic heterocycles. The number of benzene rings is 1. The van der Waals surface area contributed by atoms with E-state index in [9.17, 15) is 0 Å². The molecule has 0 amide bonds. The number of nitrogens with zero attached hydrogens (tertiary/aromatic N) is 2. The van der Waals surface area contributed by atoms with Crippen molar-refractivity contribution < 1.29 is 4.74 Å². The molecule has 2 aliphatic rings. The van der Waals surface area contributed by atoms with E-state index >= 15 is 0 Å². The Morgan fingerprint density at radius 2 is 1.80 bits per heavy atom. The van der Waals surface area contributed by atoms with Gasteiger partial charge in [-0.3, -0.25) is 4.90 Å². The summed E-state index contributed by atoms with van der Waals surface area (Å²) in [5, 5.41) is 6.76. The van der Waals surface area contributed by atoms with Crippen LogP contribution in [-0.4, -0.2) is 50.3 Å². The van der Waals surface area contributed by atoms with Crippen molar-refractivity contribution in [3.63, 3.8) is 0 Å². The summed E-state index contributed by atoms with van der Waals surface area (Å²) in [7, 11) is 0. The highest BCUT2D eigenvalue weighted by Gasteiger charge is 2.21. The number of rotatable bonds is 7. The molecule has 25 heavy (non-hydrogen) atoms. The molecule has 1 aliphatic carbocycles. The van der Waals surface area contributed by atoms with E-state index in [-0.39, 0.29) is 24.0 Å². The maximum absolute atomic E-state index is 5.40. The van der Waals surface area contributed by atoms with E-state index in [0.29, 0.717) is 0 Å². The zero-order chi connectivity index (χ0) is 16.6. The van der Waals surface area contributed by atoms with Crippen LogP contribution in [0.1, 0.15) is 30.9 Å². The molecule has 1 heterocycles. The van der Waals surface area contributed by atoms with Crippen molar-refractivity contribution in [2.75, 3.05) is 39.4 Å². The first-order valence-electron chi connectivity index (χ1n) is 9.23. The molecule has 0 bridgehead atoms. The van der Waals surface area contributed by atoms with Gasteiger partial charge in [0.15, 0.2) is 5.96 Å². The molecule has 2 fully saturated rings. The molecule has 1 aromatic carbocycles. The fourth-order valence-corrected chi connectivity index (χ4v) is 2.84. The highest BCUT2D eigenvalue weighted by molar-refractivity contribution is 14.0. The Balaban J connectivity index is 0.00000225. The first kappa shape index (κ1) is 20.5. The van der Waals surface area contributed by atoms with Crippen LogP contribution < -0.4 is 10.6 Å². The van der Waals surface area contributed by atoms with Crippen molar-refractivity contribution in [3.8, 4) is 0 Å². The Hall–Kier alpha value is -0.860. The average molecular weight is 458 g/mol. The summed E-state index contributed by atoms with van der Waals surface area (Å²) in [6.07, 6.45) is 2.72. The molecular weight excluding hydrogens is 427 g/mol. The average Bonchev–Trinajstić information content (AvgIpc) is 3.44. The molecule has 1 aliphatic heterocycles. The van der Waals surface area contributed by atoms with Crippen LogP contribution in [-0.2, 0) is 17.8 Å². The van der Waals surface area contributed by atoms with Crippen LogP contribution in [0, 0.1) is 5.92 Å². The predicted molar refractivity (Wildman–Crippen MR) is 113 cm³/mol. The van der Waals surface area contributed by atoms with Gasteiger partial charge in [-0.15, -0.1) is 24.0 Å². The second-order valence-corrected chi connectivity index (χ2v) is 6.72. The van der Waals surface area contributed by atoms with E-state index in [1.807, 2.05) is 0 Å². The maximum Gasteiger partial charge on any atom is 0.191 e. The van der Waals surface area contributed by atoms with Gasteiger partial charge in [-0.25, -0.2) is 4.99 Å². The Kier molecular flexibility index (Phi) is 8.98. The molecule has 1 saturated carbocycles. The predicted octanol–water partition coefficient (Wildman–Crippen LogP) is 2.60. The van der Waals surface area contributed by atoms with E-state index in [1.54, 1.807) is 0 Å². The van der Waals surface area contributed by atoms with Gasteiger partial charge in [-0.1, -0.05) is 24.3 Å². The number of morpholine rings is 1. The van der Waals surface area contributed by atoms with E-state index < -0.39 is 0 Å². The molecule has 0 spiro atoms. The summed E-state index contributed by atoms with van der Waals surface area (Å²) >= 11 is 0. The summed E-state index contributed by atoms with van der Waals surface area (Å²) < 4.78 is 5.40. The number of guanidine groups is 1. The van der Waals surface area contributed by atoms with E-state index in [2.05, 4.69) is 46.7 Å².